The molecule has 0 aromatic heterocycles. The summed E-state index contributed by atoms with van der Waals surface area (Å²) in [5.41, 5.74) is 0. The number of fused-ring (bicyclic) bond motifs is 3. The average Bonchev–Trinajstić information content (AvgIpc) is 2.30. The van der Waals surface area contributed by atoms with Crippen LogP contribution in [0.5, 0.6) is 0 Å². The Balaban J connectivity index is 2.23. The van der Waals surface area contributed by atoms with Crippen molar-refractivity contribution < 1.29 is 19.4 Å². The number of hydrogen-bond donors (Lipinski definition) is 1. The molecule has 3 rings (SSSR count). The zero-order valence-corrected chi connectivity index (χ0v) is 9.46. The summed E-state index contributed by atoms with van der Waals surface area (Å²) < 4.78 is 11.1. The minimum atomic E-state index is -0.429. The number of allylic oxidation sites excluding steroid dienone is 1. The quantitative estimate of drug-likeness (QED) is 0.719. The fourth-order valence-electron chi connectivity index (χ4n) is 2.79. The molecule has 16 heavy (non-hydrogen) atoms. The smallest absolute Gasteiger partial charge is 0.167 e. The Morgan fingerprint density at radius 1 is 1.69 bits per heavy atom. The van der Waals surface area contributed by atoms with Crippen LogP contribution in [-0.4, -0.2) is 36.5 Å². The molecule has 2 heterocycles. The van der Waals surface area contributed by atoms with Crippen molar-refractivity contribution in [3.63, 3.8) is 0 Å². The van der Waals surface area contributed by atoms with E-state index in [2.05, 4.69) is 6.58 Å². The van der Waals surface area contributed by atoms with E-state index in [4.69, 9.17) is 9.47 Å². The molecule has 4 nitrogen and oxygen atoms in total. The van der Waals surface area contributed by atoms with E-state index < -0.39 is 6.10 Å². The van der Waals surface area contributed by atoms with Gasteiger partial charge in [-0.3, -0.25) is 4.79 Å². The predicted octanol–water partition coefficient (Wildman–Crippen LogP) is 0.747. The number of ether oxygens (including phenoxy) is 2. The summed E-state index contributed by atoms with van der Waals surface area (Å²) in [7, 11) is 0. The zero-order valence-electron chi connectivity index (χ0n) is 9.46. The Labute approximate surface area is 95.2 Å². The fourth-order valence-corrected chi connectivity index (χ4v) is 2.79. The SMILES string of the molecule is C=C[C@H]1C[C@H]2O[C@H](OCC)[C@@H]1[C@H](CO)C2=O. The normalized spacial score (nSPS) is 42.4. The molecule has 0 spiro atoms. The largest absolute Gasteiger partial charge is 0.396 e. The number of aliphatic hydroxyl groups is 1. The lowest BCUT2D eigenvalue weighted by atomic mass is 9.67. The molecular formula is C12H18O4. The molecule has 90 valence electrons. The van der Waals surface area contributed by atoms with E-state index >= 15 is 0 Å². The molecule has 3 aliphatic rings. The highest BCUT2D eigenvalue weighted by atomic mass is 16.7. The van der Waals surface area contributed by atoms with Crippen molar-refractivity contribution in [3.05, 3.63) is 12.7 Å². The van der Waals surface area contributed by atoms with Gasteiger partial charge in [-0.05, 0) is 19.3 Å². The number of rotatable bonds is 4. The highest BCUT2D eigenvalue weighted by Gasteiger charge is 2.53. The van der Waals surface area contributed by atoms with Crippen LogP contribution in [0.2, 0.25) is 0 Å². The summed E-state index contributed by atoms with van der Waals surface area (Å²) in [6.07, 6.45) is 1.72. The lowest BCUT2D eigenvalue weighted by Gasteiger charge is -2.48. The average molecular weight is 226 g/mol. The predicted molar refractivity (Wildman–Crippen MR) is 57.7 cm³/mol. The van der Waals surface area contributed by atoms with E-state index in [1.165, 1.54) is 0 Å². The summed E-state index contributed by atoms with van der Waals surface area (Å²) >= 11 is 0. The van der Waals surface area contributed by atoms with Crippen molar-refractivity contribution in [2.24, 2.45) is 17.8 Å². The molecule has 1 saturated carbocycles. The molecule has 0 amide bonds. The molecule has 2 aliphatic heterocycles. The molecule has 0 aromatic carbocycles. The number of carbonyl (C=O) groups is 1. The van der Waals surface area contributed by atoms with Crippen molar-refractivity contribution in [1.82, 2.24) is 0 Å². The summed E-state index contributed by atoms with van der Waals surface area (Å²) in [6, 6.07) is 0. The van der Waals surface area contributed by atoms with Crippen molar-refractivity contribution in [1.29, 1.82) is 0 Å². The maximum atomic E-state index is 11.9. The molecule has 0 aromatic rings. The van der Waals surface area contributed by atoms with Gasteiger partial charge in [-0.25, -0.2) is 0 Å². The highest BCUT2D eigenvalue weighted by Crippen LogP contribution is 2.44. The van der Waals surface area contributed by atoms with E-state index in [0.29, 0.717) is 13.0 Å². The Morgan fingerprint density at radius 2 is 2.44 bits per heavy atom. The van der Waals surface area contributed by atoms with Gasteiger partial charge >= 0.3 is 0 Å². The molecule has 4 heteroatoms. The van der Waals surface area contributed by atoms with Crippen molar-refractivity contribution in [2.45, 2.75) is 25.7 Å². The van der Waals surface area contributed by atoms with Gasteiger partial charge in [0, 0.05) is 12.5 Å². The fraction of sp³-hybridized carbons (Fsp3) is 0.750. The number of Topliss-reactive ketones (excluding diaryl/α,β-unsaturated/α-hetero) is 1. The van der Waals surface area contributed by atoms with E-state index in [0.717, 1.165) is 0 Å². The second-order valence-electron chi connectivity index (χ2n) is 4.35. The van der Waals surface area contributed by atoms with Gasteiger partial charge in [0.25, 0.3) is 0 Å². The van der Waals surface area contributed by atoms with Crippen LogP contribution in [0, 0.1) is 17.8 Å². The summed E-state index contributed by atoms with van der Waals surface area (Å²) in [5, 5.41) is 9.32. The molecular weight excluding hydrogens is 208 g/mol. The first kappa shape index (κ1) is 11.8. The first-order valence-electron chi connectivity index (χ1n) is 5.77. The molecule has 1 N–H and O–H groups in total. The third-order valence-corrected chi connectivity index (χ3v) is 3.57. The van der Waals surface area contributed by atoms with Crippen LogP contribution in [0.15, 0.2) is 12.7 Å². The highest BCUT2D eigenvalue weighted by molar-refractivity contribution is 5.87. The molecule has 2 bridgehead atoms. The monoisotopic (exact) mass is 226 g/mol. The second kappa shape index (κ2) is 4.65. The first-order valence-corrected chi connectivity index (χ1v) is 5.77. The summed E-state index contributed by atoms with van der Waals surface area (Å²) in [6.45, 7) is 6.10. The van der Waals surface area contributed by atoms with Gasteiger partial charge in [0.2, 0.25) is 0 Å². The maximum Gasteiger partial charge on any atom is 0.167 e. The van der Waals surface area contributed by atoms with Crippen LogP contribution in [0.4, 0.5) is 0 Å². The van der Waals surface area contributed by atoms with Crippen molar-refractivity contribution in [2.75, 3.05) is 13.2 Å². The van der Waals surface area contributed by atoms with E-state index in [1.807, 2.05) is 13.0 Å². The standard InChI is InChI=1S/C12H18O4/c1-3-7-5-9-11(14)8(6-13)10(7)12(16-9)15-4-2/h3,7-10,12-13H,1,4-6H2,2H3/t7-,8-,9+,10-,12-/m0/s1. The molecule has 0 unspecified atom stereocenters. The number of carbonyl (C=O) groups excluding carboxylic acids is 1. The molecule has 5 atom stereocenters. The minimum absolute atomic E-state index is 0.0153. The summed E-state index contributed by atoms with van der Waals surface area (Å²) in [5.74, 6) is -0.223. The van der Waals surface area contributed by atoms with Crippen LogP contribution >= 0.6 is 0 Å². The number of ketones is 1. The van der Waals surface area contributed by atoms with Crippen LogP contribution in [0.3, 0.4) is 0 Å². The van der Waals surface area contributed by atoms with Gasteiger partial charge in [-0.2, -0.15) is 0 Å². The Hall–Kier alpha value is -0.710. The molecule has 0 radical (unpaired) electrons. The topological polar surface area (TPSA) is 55.8 Å². The lowest BCUT2D eigenvalue weighted by Crippen LogP contribution is -2.58. The van der Waals surface area contributed by atoms with Crippen molar-refractivity contribution >= 4 is 5.78 Å². The Bertz CT molecular complexity index is 289. The minimum Gasteiger partial charge on any atom is -0.396 e. The zero-order chi connectivity index (χ0) is 11.7. The second-order valence-corrected chi connectivity index (χ2v) is 4.35. The van der Waals surface area contributed by atoms with Crippen LogP contribution < -0.4 is 0 Å². The van der Waals surface area contributed by atoms with Gasteiger partial charge in [0.1, 0.15) is 6.10 Å². The maximum absolute atomic E-state index is 11.9. The van der Waals surface area contributed by atoms with Gasteiger partial charge in [0.05, 0.1) is 12.5 Å². The lowest BCUT2D eigenvalue weighted by molar-refractivity contribution is -0.260. The molecule has 1 aliphatic carbocycles. The van der Waals surface area contributed by atoms with Gasteiger partial charge < -0.3 is 14.6 Å². The summed E-state index contributed by atoms with van der Waals surface area (Å²) in [4.78, 5) is 11.9. The van der Waals surface area contributed by atoms with Gasteiger partial charge in [-0.15, -0.1) is 6.58 Å². The van der Waals surface area contributed by atoms with E-state index in [-0.39, 0.29) is 36.4 Å². The van der Waals surface area contributed by atoms with Crippen LogP contribution in [-0.2, 0) is 14.3 Å². The molecule has 3 fully saturated rings. The third kappa shape index (κ3) is 1.71. The van der Waals surface area contributed by atoms with Crippen LogP contribution in [0.1, 0.15) is 13.3 Å². The Kier molecular flexibility index (Phi) is 3.42. The van der Waals surface area contributed by atoms with Gasteiger partial charge in [-0.1, -0.05) is 6.08 Å². The number of aliphatic hydroxyl groups excluding tert-OH is 1. The van der Waals surface area contributed by atoms with E-state index in [1.54, 1.807) is 0 Å². The molecule has 2 saturated heterocycles. The number of hydrogen-bond acceptors (Lipinski definition) is 4. The van der Waals surface area contributed by atoms with Crippen molar-refractivity contribution in [3.8, 4) is 0 Å². The van der Waals surface area contributed by atoms with E-state index in [9.17, 15) is 9.90 Å². The third-order valence-electron chi connectivity index (χ3n) is 3.57. The Morgan fingerprint density at radius 3 is 3.00 bits per heavy atom. The first-order chi connectivity index (χ1) is 7.72. The van der Waals surface area contributed by atoms with Crippen LogP contribution in [0.25, 0.3) is 0 Å². The van der Waals surface area contributed by atoms with Gasteiger partial charge in [0.15, 0.2) is 12.1 Å².